The van der Waals surface area contributed by atoms with Crippen molar-refractivity contribution in [2.75, 3.05) is 18.6 Å². The molecule has 0 atom stereocenters. The Morgan fingerprint density at radius 1 is 1.30 bits per heavy atom. The maximum atomic E-state index is 12.8. The number of fused-ring (bicyclic) bond motifs is 1. The number of hydrogen-bond acceptors (Lipinski definition) is 3. The Kier molecular flexibility index (Phi) is 4.53. The molecule has 2 aromatic rings. The van der Waals surface area contributed by atoms with E-state index in [2.05, 4.69) is 32.0 Å². The molecule has 0 unspecified atom stereocenters. The van der Waals surface area contributed by atoms with Gasteiger partial charge in [-0.3, -0.25) is 4.79 Å². The lowest BCUT2D eigenvalue weighted by atomic mass is 9.94. The Bertz CT molecular complexity index is 702. The molecular weight excluding hydrogens is 290 g/mol. The van der Waals surface area contributed by atoms with Crippen LogP contribution in [0.25, 0.3) is 0 Å². The first-order chi connectivity index (χ1) is 11.1. The van der Waals surface area contributed by atoms with E-state index < -0.39 is 0 Å². The second kappa shape index (κ2) is 6.59. The summed E-state index contributed by atoms with van der Waals surface area (Å²) in [6.07, 6.45) is 2.00. The Balaban J connectivity index is 1.88. The van der Waals surface area contributed by atoms with Crippen LogP contribution in [0.2, 0.25) is 0 Å². The average molecular weight is 313 g/mol. The molecular formula is C19H23NO3. The molecule has 0 bridgehead atoms. The molecule has 0 fully saturated rings. The number of benzene rings is 1. The number of amides is 1. The van der Waals surface area contributed by atoms with Crippen molar-refractivity contribution in [3.8, 4) is 0 Å². The van der Waals surface area contributed by atoms with E-state index >= 15 is 0 Å². The van der Waals surface area contributed by atoms with Gasteiger partial charge in [-0.1, -0.05) is 26.0 Å². The van der Waals surface area contributed by atoms with Gasteiger partial charge in [0.1, 0.15) is 12.4 Å². The molecule has 1 aromatic carbocycles. The number of methoxy groups -OCH3 is 1. The molecule has 1 aliphatic rings. The highest BCUT2D eigenvalue weighted by atomic mass is 16.5. The Morgan fingerprint density at radius 3 is 2.87 bits per heavy atom. The number of anilines is 1. The summed E-state index contributed by atoms with van der Waals surface area (Å²) in [5, 5.41) is 0. The van der Waals surface area contributed by atoms with Crippen molar-refractivity contribution in [2.24, 2.45) is 0 Å². The lowest BCUT2D eigenvalue weighted by Crippen LogP contribution is -2.35. The quantitative estimate of drug-likeness (QED) is 0.852. The number of carbonyl (C=O) groups is 1. The summed E-state index contributed by atoms with van der Waals surface area (Å²) in [5.74, 6) is 1.46. The van der Waals surface area contributed by atoms with Crippen LogP contribution in [0.5, 0.6) is 0 Å². The van der Waals surface area contributed by atoms with Crippen molar-refractivity contribution in [3.05, 3.63) is 53.0 Å². The fraction of sp³-hybridized carbons (Fsp3) is 0.421. The molecule has 0 spiro atoms. The smallest absolute Gasteiger partial charge is 0.293 e. The Hall–Kier alpha value is -2.07. The van der Waals surface area contributed by atoms with Gasteiger partial charge < -0.3 is 14.1 Å². The standard InChI is InChI=1S/C19H23NO3/c1-13(2)14-6-8-17-15(11-14)5-4-10-20(17)19(21)18-9-7-16(23-18)12-22-3/h6-9,11,13H,4-5,10,12H2,1-3H3. The molecule has 2 heterocycles. The Morgan fingerprint density at radius 2 is 2.13 bits per heavy atom. The van der Waals surface area contributed by atoms with Gasteiger partial charge in [-0.25, -0.2) is 0 Å². The van der Waals surface area contributed by atoms with Gasteiger partial charge in [0.15, 0.2) is 5.76 Å². The lowest BCUT2D eigenvalue weighted by molar-refractivity contribution is 0.0949. The minimum absolute atomic E-state index is 0.0781. The molecule has 0 saturated carbocycles. The van der Waals surface area contributed by atoms with Gasteiger partial charge in [0, 0.05) is 19.3 Å². The number of hydrogen-bond donors (Lipinski definition) is 0. The number of rotatable bonds is 4. The molecule has 4 nitrogen and oxygen atoms in total. The van der Waals surface area contributed by atoms with Crippen molar-refractivity contribution in [1.82, 2.24) is 0 Å². The first-order valence-electron chi connectivity index (χ1n) is 8.12. The van der Waals surface area contributed by atoms with Gasteiger partial charge in [0.25, 0.3) is 5.91 Å². The van der Waals surface area contributed by atoms with E-state index in [1.165, 1.54) is 11.1 Å². The monoisotopic (exact) mass is 313 g/mol. The van der Waals surface area contributed by atoms with Crippen molar-refractivity contribution < 1.29 is 13.9 Å². The molecule has 23 heavy (non-hydrogen) atoms. The first kappa shape index (κ1) is 15.8. The van der Waals surface area contributed by atoms with Crippen LogP contribution in [0.1, 0.15) is 53.6 Å². The fourth-order valence-corrected chi connectivity index (χ4v) is 3.03. The minimum atomic E-state index is -0.0781. The number of ether oxygens (including phenoxy) is 1. The fourth-order valence-electron chi connectivity index (χ4n) is 3.03. The van der Waals surface area contributed by atoms with Crippen molar-refractivity contribution in [1.29, 1.82) is 0 Å². The summed E-state index contributed by atoms with van der Waals surface area (Å²) in [6, 6.07) is 9.95. The molecule has 1 aliphatic heterocycles. The van der Waals surface area contributed by atoms with Crippen LogP contribution < -0.4 is 4.90 Å². The minimum Gasteiger partial charge on any atom is -0.453 e. The van der Waals surface area contributed by atoms with Gasteiger partial charge in [0.2, 0.25) is 0 Å². The van der Waals surface area contributed by atoms with Crippen LogP contribution in [0.4, 0.5) is 5.69 Å². The third kappa shape index (κ3) is 3.17. The van der Waals surface area contributed by atoms with Crippen molar-refractivity contribution in [3.63, 3.8) is 0 Å². The predicted octanol–water partition coefficient (Wildman–Crippen LogP) is 4.14. The zero-order chi connectivity index (χ0) is 16.4. The van der Waals surface area contributed by atoms with Crippen LogP contribution in [0.3, 0.4) is 0 Å². The highest BCUT2D eigenvalue weighted by Gasteiger charge is 2.26. The molecule has 0 saturated heterocycles. The molecule has 3 rings (SSSR count). The number of carbonyl (C=O) groups excluding carboxylic acids is 1. The van der Waals surface area contributed by atoms with E-state index in [0.29, 0.717) is 24.0 Å². The topological polar surface area (TPSA) is 42.7 Å². The number of nitrogens with zero attached hydrogens (tertiary/aromatic N) is 1. The molecule has 0 aliphatic carbocycles. The number of aryl methyl sites for hydroxylation is 1. The summed E-state index contributed by atoms with van der Waals surface area (Å²) in [7, 11) is 1.61. The van der Waals surface area contributed by atoms with Gasteiger partial charge in [-0.2, -0.15) is 0 Å². The largest absolute Gasteiger partial charge is 0.453 e. The van der Waals surface area contributed by atoms with E-state index in [9.17, 15) is 4.79 Å². The van der Waals surface area contributed by atoms with Crippen LogP contribution in [-0.4, -0.2) is 19.6 Å². The molecule has 4 heteroatoms. The van der Waals surface area contributed by atoms with Crippen LogP contribution >= 0.6 is 0 Å². The van der Waals surface area contributed by atoms with Crippen LogP contribution in [-0.2, 0) is 17.8 Å². The summed E-state index contributed by atoms with van der Waals surface area (Å²) in [6.45, 7) is 5.48. The molecule has 0 radical (unpaired) electrons. The van der Waals surface area contributed by atoms with Crippen molar-refractivity contribution in [2.45, 2.75) is 39.2 Å². The van der Waals surface area contributed by atoms with Gasteiger partial charge in [-0.15, -0.1) is 0 Å². The van der Waals surface area contributed by atoms with E-state index in [0.717, 1.165) is 25.1 Å². The highest BCUT2D eigenvalue weighted by Crippen LogP contribution is 2.31. The van der Waals surface area contributed by atoms with Crippen molar-refractivity contribution >= 4 is 11.6 Å². The zero-order valence-electron chi connectivity index (χ0n) is 14.0. The third-order valence-corrected chi connectivity index (χ3v) is 4.29. The van der Waals surface area contributed by atoms with Crippen LogP contribution in [0, 0.1) is 0 Å². The van der Waals surface area contributed by atoms with Gasteiger partial charge >= 0.3 is 0 Å². The van der Waals surface area contributed by atoms with E-state index in [4.69, 9.17) is 9.15 Å². The summed E-state index contributed by atoms with van der Waals surface area (Å²) < 4.78 is 10.6. The zero-order valence-corrected chi connectivity index (χ0v) is 14.0. The maximum absolute atomic E-state index is 12.8. The summed E-state index contributed by atoms with van der Waals surface area (Å²) in [5.41, 5.74) is 3.58. The number of furan rings is 1. The maximum Gasteiger partial charge on any atom is 0.293 e. The van der Waals surface area contributed by atoms with E-state index in [1.54, 1.807) is 19.2 Å². The summed E-state index contributed by atoms with van der Waals surface area (Å²) in [4.78, 5) is 14.6. The normalized spacial score (nSPS) is 14.2. The predicted molar refractivity (Wildman–Crippen MR) is 89.9 cm³/mol. The molecule has 122 valence electrons. The SMILES string of the molecule is COCc1ccc(C(=O)N2CCCc3cc(C(C)C)ccc32)o1. The summed E-state index contributed by atoms with van der Waals surface area (Å²) >= 11 is 0. The lowest BCUT2D eigenvalue weighted by Gasteiger charge is -2.29. The second-order valence-corrected chi connectivity index (χ2v) is 6.30. The van der Waals surface area contributed by atoms with Gasteiger partial charge in [-0.05, 0) is 48.1 Å². The second-order valence-electron chi connectivity index (χ2n) is 6.30. The highest BCUT2D eigenvalue weighted by molar-refractivity contribution is 6.05. The van der Waals surface area contributed by atoms with Crippen LogP contribution in [0.15, 0.2) is 34.7 Å². The Labute approximate surface area is 137 Å². The van der Waals surface area contributed by atoms with Gasteiger partial charge in [0.05, 0.1) is 0 Å². The third-order valence-electron chi connectivity index (χ3n) is 4.29. The molecule has 0 N–H and O–H groups in total. The van der Waals surface area contributed by atoms with E-state index in [-0.39, 0.29) is 5.91 Å². The van der Waals surface area contributed by atoms with E-state index in [1.807, 2.05) is 4.90 Å². The molecule has 1 amide bonds. The molecule has 1 aromatic heterocycles. The average Bonchev–Trinajstić information content (AvgIpc) is 3.02. The first-order valence-corrected chi connectivity index (χ1v) is 8.12.